The fourth-order valence-electron chi connectivity index (χ4n) is 2.91. The Labute approximate surface area is 118 Å². The van der Waals surface area contributed by atoms with E-state index in [1.54, 1.807) is 13.8 Å². The van der Waals surface area contributed by atoms with Gasteiger partial charge in [-0.25, -0.2) is 0 Å². The zero-order valence-corrected chi connectivity index (χ0v) is 15.6. The molecule has 0 fully saturated rings. The second kappa shape index (κ2) is 6.97. The predicted molar refractivity (Wildman–Crippen MR) is 72.8 cm³/mol. The van der Waals surface area contributed by atoms with E-state index in [0.29, 0.717) is 16.6 Å². The molecular weight excluding hydrogens is 284 g/mol. The minimum absolute atomic E-state index is 0.224. The molecule has 0 aromatic rings. The Morgan fingerprint density at radius 2 is 1.11 bits per heavy atom. The molecule has 0 saturated heterocycles. The van der Waals surface area contributed by atoms with Gasteiger partial charge in [0, 0.05) is 0 Å². The molecular formula is C12H30O4SiTi. The van der Waals surface area contributed by atoms with Crippen LogP contribution in [0.3, 0.4) is 0 Å². The van der Waals surface area contributed by atoms with Gasteiger partial charge in [0.2, 0.25) is 0 Å². The van der Waals surface area contributed by atoms with Gasteiger partial charge >= 0.3 is 118 Å². The zero-order chi connectivity index (χ0) is 14.7. The van der Waals surface area contributed by atoms with Gasteiger partial charge in [-0.2, -0.15) is 0 Å². The monoisotopic (exact) mass is 314 g/mol. The SMILES string of the molecule is CC(C)[O][Ti]([OH])([OH])[O][Si](C(C)C)(C(C)C)C(C)C. The van der Waals surface area contributed by atoms with Gasteiger partial charge in [0.25, 0.3) is 0 Å². The van der Waals surface area contributed by atoms with Crippen LogP contribution in [0.25, 0.3) is 0 Å². The van der Waals surface area contributed by atoms with Crippen molar-refractivity contribution in [2.75, 3.05) is 0 Å². The summed E-state index contributed by atoms with van der Waals surface area (Å²) in [6.07, 6.45) is -0.224. The summed E-state index contributed by atoms with van der Waals surface area (Å²) in [6.45, 7) is 16.2. The van der Waals surface area contributed by atoms with Crippen molar-refractivity contribution in [1.29, 1.82) is 0 Å². The maximum atomic E-state index is 10.1. The van der Waals surface area contributed by atoms with E-state index in [2.05, 4.69) is 41.5 Å². The van der Waals surface area contributed by atoms with Crippen molar-refractivity contribution >= 4 is 8.32 Å². The summed E-state index contributed by atoms with van der Waals surface area (Å²) >= 11 is -4.57. The van der Waals surface area contributed by atoms with Crippen molar-refractivity contribution in [3.05, 3.63) is 0 Å². The molecule has 4 nitrogen and oxygen atoms in total. The van der Waals surface area contributed by atoms with Gasteiger partial charge in [-0.15, -0.1) is 0 Å². The molecule has 0 amide bonds. The molecule has 0 aliphatic heterocycles. The predicted octanol–water partition coefficient (Wildman–Crippen LogP) is 3.40. The molecule has 0 aliphatic carbocycles. The van der Waals surface area contributed by atoms with E-state index in [-0.39, 0.29) is 6.10 Å². The van der Waals surface area contributed by atoms with Crippen molar-refractivity contribution in [1.82, 2.24) is 0 Å². The molecule has 0 aromatic carbocycles. The molecule has 6 heteroatoms. The van der Waals surface area contributed by atoms with E-state index in [9.17, 15) is 7.38 Å². The molecule has 18 heavy (non-hydrogen) atoms. The first-order chi connectivity index (χ1) is 7.95. The summed E-state index contributed by atoms with van der Waals surface area (Å²) in [5.41, 5.74) is 0.952. The Balaban J connectivity index is 5.23. The van der Waals surface area contributed by atoms with Gasteiger partial charge in [-0.05, 0) is 0 Å². The molecule has 0 heterocycles. The van der Waals surface area contributed by atoms with Gasteiger partial charge in [-0.3, -0.25) is 0 Å². The van der Waals surface area contributed by atoms with Gasteiger partial charge in [-0.1, -0.05) is 0 Å². The third kappa shape index (κ3) is 4.71. The second-order valence-electron chi connectivity index (χ2n) is 6.13. The van der Waals surface area contributed by atoms with E-state index < -0.39 is 26.5 Å². The molecule has 0 rings (SSSR count). The van der Waals surface area contributed by atoms with Crippen molar-refractivity contribution in [2.24, 2.45) is 0 Å². The van der Waals surface area contributed by atoms with E-state index in [1.807, 2.05) is 0 Å². The molecule has 0 saturated carbocycles. The first-order valence-corrected chi connectivity index (χ1v) is 11.6. The standard InChI is InChI=1S/C9H21OSi.C3H7O.2H2O.Ti/c1-7(2)11(10,8(3)4)9(5)6;1-3(2)4;;;/h7-9H,1-6H3;3H,1-2H3;2*1H2;/q2*-1;;;+4/p-2. The maximum absolute atomic E-state index is 10.1. The van der Waals surface area contributed by atoms with E-state index >= 15 is 0 Å². The third-order valence-electron chi connectivity index (χ3n) is 3.41. The van der Waals surface area contributed by atoms with Crippen LogP contribution in [0.2, 0.25) is 16.6 Å². The number of rotatable bonds is 7. The summed E-state index contributed by atoms with van der Waals surface area (Å²) in [4.78, 5) is 0. The van der Waals surface area contributed by atoms with Crippen LogP contribution < -0.4 is 0 Å². The van der Waals surface area contributed by atoms with Crippen LogP contribution in [0.15, 0.2) is 0 Å². The molecule has 0 aliphatic rings. The van der Waals surface area contributed by atoms with E-state index in [4.69, 9.17) is 6.33 Å². The summed E-state index contributed by atoms with van der Waals surface area (Å²) in [6, 6.07) is 0. The number of hydrogen-bond donors (Lipinski definition) is 2. The molecule has 0 radical (unpaired) electrons. The average molecular weight is 314 g/mol. The summed E-state index contributed by atoms with van der Waals surface area (Å²) in [7, 11) is -2.27. The van der Waals surface area contributed by atoms with Crippen molar-refractivity contribution in [3.8, 4) is 0 Å². The van der Waals surface area contributed by atoms with Gasteiger partial charge in [0.1, 0.15) is 0 Å². The molecule has 2 N–H and O–H groups in total. The first kappa shape index (κ1) is 18.8. The summed E-state index contributed by atoms with van der Waals surface area (Å²) in [5, 5.41) is 0. The van der Waals surface area contributed by atoms with Gasteiger partial charge < -0.3 is 0 Å². The van der Waals surface area contributed by atoms with Crippen LogP contribution in [0.4, 0.5) is 0 Å². The topological polar surface area (TPSA) is 58.9 Å². The van der Waals surface area contributed by atoms with E-state index in [0.717, 1.165) is 0 Å². The Hall–Kier alpha value is 0.771. The summed E-state index contributed by atoms with van der Waals surface area (Å²) in [5.74, 6) is 0. The van der Waals surface area contributed by atoms with Crippen molar-refractivity contribution < 1.29 is 31.8 Å². The molecule has 0 atom stereocenters. The number of hydrogen-bond acceptors (Lipinski definition) is 4. The van der Waals surface area contributed by atoms with E-state index in [1.165, 1.54) is 0 Å². The Morgan fingerprint density at radius 1 is 0.778 bits per heavy atom. The fraction of sp³-hybridized carbons (Fsp3) is 1.00. The second-order valence-corrected chi connectivity index (χ2v) is 14.5. The van der Waals surface area contributed by atoms with Gasteiger partial charge in [0.15, 0.2) is 0 Å². The minimum atomic E-state index is -4.57. The molecule has 0 unspecified atom stereocenters. The summed E-state index contributed by atoms with van der Waals surface area (Å²) < 4.78 is 31.4. The average Bonchev–Trinajstić information content (AvgIpc) is 2.10. The Kier molecular flexibility index (Phi) is 7.27. The van der Waals surface area contributed by atoms with Crippen LogP contribution in [-0.4, -0.2) is 21.8 Å². The molecule has 0 aromatic heterocycles. The van der Waals surface area contributed by atoms with Crippen LogP contribution in [0.1, 0.15) is 55.4 Å². The van der Waals surface area contributed by atoms with Crippen LogP contribution in [-0.2, 0) is 24.5 Å². The Morgan fingerprint density at radius 3 is 1.33 bits per heavy atom. The molecule has 0 bridgehead atoms. The quantitative estimate of drug-likeness (QED) is 0.707. The first-order valence-electron chi connectivity index (χ1n) is 6.78. The molecule has 110 valence electrons. The zero-order valence-electron chi connectivity index (χ0n) is 13.0. The fourth-order valence-corrected chi connectivity index (χ4v) is 14.8. The van der Waals surface area contributed by atoms with Crippen molar-refractivity contribution in [3.63, 3.8) is 0 Å². The molecule has 0 spiro atoms. The van der Waals surface area contributed by atoms with Crippen LogP contribution >= 0.6 is 0 Å². The van der Waals surface area contributed by atoms with Crippen LogP contribution in [0.5, 0.6) is 0 Å². The third-order valence-corrected chi connectivity index (χ3v) is 13.6. The van der Waals surface area contributed by atoms with Crippen LogP contribution in [0, 0.1) is 0 Å². The van der Waals surface area contributed by atoms with Gasteiger partial charge in [0.05, 0.1) is 0 Å². The van der Waals surface area contributed by atoms with Crippen molar-refractivity contribution in [2.45, 2.75) is 78.1 Å². The normalized spacial score (nSPS) is 14.3. The Bertz CT molecular complexity index is 233.